The van der Waals surface area contributed by atoms with Crippen LogP contribution < -0.4 is 9.47 Å². The SMILES string of the molecule is COc1cc(/C=C/C(=O)c2ccc(-c3ccc(F)cc3)s2)cc(OC)c1O. The lowest BCUT2D eigenvalue weighted by atomic mass is 10.1. The Morgan fingerprint density at radius 1 is 1.04 bits per heavy atom. The Morgan fingerprint density at radius 3 is 2.26 bits per heavy atom. The van der Waals surface area contributed by atoms with Gasteiger partial charge in [0.05, 0.1) is 19.1 Å². The zero-order valence-electron chi connectivity index (χ0n) is 14.7. The molecule has 0 saturated heterocycles. The molecule has 0 spiro atoms. The van der Waals surface area contributed by atoms with Crippen LogP contribution in [0.1, 0.15) is 15.2 Å². The second-order valence-electron chi connectivity index (χ2n) is 5.64. The minimum atomic E-state index is -0.297. The molecular formula is C21H17FO4S. The van der Waals surface area contributed by atoms with Crippen LogP contribution in [0.2, 0.25) is 0 Å². The highest BCUT2D eigenvalue weighted by Gasteiger charge is 2.11. The second-order valence-corrected chi connectivity index (χ2v) is 6.73. The summed E-state index contributed by atoms with van der Waals surface area (Å²) in [5.74, 6) is -0.0216. The molecule has 6 heteroatoms. The molecule has 0 fully saturated rings. The first kappa shape index (κ1) is 18.7. The number of methoxy groups -OCH3 is 2. The van der Waals surface area contributed by atoms with Gasteiger partial charge in [-0.3, -0.25) is 4.79 Å². The molecule has 0 bridgehead atoms. The minimum absolute atomic E-state index is 0.0920. The fourth-order valence-corrected chi connectivity index (χ4v) is 3.44. The number of halogens is 1. The third-order valence-corrected chi connectivity index (χ3v) is 5.06. The van der Waals surface area contributed by atoms with E-state index >= 15 is 0 Å². The highest BCUT2D eigenvalue weighted by atomic mass is 32.1. The Kier molecular flexibility index (Phi) is 5.57. The normalized spacial score (nSPS) is 10.9. The molecule has 0 saturated carbocycles. The average Bonchev–Trinajstić information content (AvgIpc) is 3.17. The van der Waals surface area contributed by atoms with Crippen molar-refractivity contribution in [3.63, 3.8) is 0 Å². The number of phenols is 1. The molecule has 1 aromatic heterocycles. The Morgan fingerprint density at radius 2 is 1.67 bits per heavy atom. The van der Waals surface area contributed by atoms with Crippen LogP contribution in [0.5, 0.6) is 17.2 Å². The van der Waals surface area contributed by atoms with E-state index in [2.05, 4.69) is 0 Å². The van der Waals surface area contributed by atoms with Crippen molar-refractivity contribution in [1.29, 1.82) is 0 Å². The van der Waals surface area contributed by atoms with E-state index < -0.39 is 0 Å². The molecule has 3 aromatic rings. The summed E-state index contributed by atoms with van der Waals surface area (Å²) < 4.78 is 23.3. The van der Waals surface area contributed by atoms with Crippen molar-refractivity contribution in [3.8, 4) is 27.7 Å². The quantitative estimate of drug-likeness (QED) is 0.470. The first-order valence-electron chi connectivity index (χ1n) is 8.05. The largest absolute Gasteiger partial charge is 0.502 e. The van der Waals surface area contributed by atoms with Crippen molar-refractivity contribution in [2.24, 2.45) is 0 Å². The molecule has 0 aliphatic heterocycles. The number of aromatic hydroxyl groups is 1. The van der Waals surface area contributed by atoms with Crippen LogP contribution in [0.15, 0.2) is 54.6 Å². The molecule has 0 amide bonds. The molecule has 0 unspecified atom stereocenters. The van der Waals surface area contributed by atoms with Gasteiger partial charge in [-0.15, -0.1) is 11.3 Å². The van der Waals surface area contributed by atoms with Crippen LogP contribution in [-0.2, 0) is 0 Å². The average molecular weight is 384 g/mol. The van der Waals surface area contributed by atoms with Gasteiger partial charge in [0.15, 0.2) is 17.3 Å². The number of ketones is 1. The van der Waals surface area contributed by atoms with Gasteiger partial charge in [-0.25, -0.2) is 4.39 Å². The molecule has 138 valence electrons. The third kappa shape index (κ3) is 4.17. The number of ether oxygens (including phenoxy) is 2. The predicted octanol–water partition coefficient (Wildman–Crippen LogP) is 5.17. The molecule has 0 aliphatic rings. The van der Waals surface area contributed by atoms with Gasteiger partial charge in [0, 0.05) is 4.88 Å². The lowest BCUT2D eigenvalue weighted by Crippen LogP contribution is -1.91. The number of phenolic OH excluding ortho intramolecular Hbond substituents is 1. The van der Waals surface area contributed by atoms with Gasteiger partial charge in [-0.2, -0.15) is 0 Å². The Balaban J connectivity index is 1.80. The molecule has 1 heterocycles. The van der Waals surface area contributed by atoms with E-state index in [1.807, 2.05) is 6.07 Å². The summed E-state index contributed by atoms with van der Waals surface area (Å²) >= 11 is 1.34. The van der Waals surface area contributed by atoms with Gasteiger partial charge in [0.1, 0.15) is 5.82 Å². The van der Waals surface area contributed by atoms with Gasteiger partial charge in [-0.05, 0) is 53.6 Å². The first-order valence-corrected chi connectivity index (χ1v) is 8.86. The van der Waals surface area contributed by atoms with Crippen LogP contribution in [0.4, 0.5) is 4.39 Å². The maximum absolute atomic E-state index is 13.0. The fraction of sp³-hybridized carbons (Fsp3) is 0.0952. The number of hydrogen-bond donors (Lipinski definition) is 1. The van der Waals surface area contributed by atoms with E-state index in [4.69, 9.17) is 9.47 Å². The van der Waals surface area contributed by atoms with Crippen LogP contribution in [-0.4, -0.2) is 25.1 Å². The lowest BCUT2D eigenvalue weighted by Gasteiger charge is -2.09. The van der Waals surface area contributed by atoms with Gasteiger partial charge in [-0.1, -0.05) is 18.2 Å². The van der Waals surface area contributed by atoms with Crippen molar-refractivity contribution in [2.45, 2.75) is 0 Å². The van der Waals surface area contributed by atoms with Crippen molar-refractivity contribution >= 4 is 23.2 Å². The van der Waals surface area contributed by atoms with E-state index in [0.717, 1.165) is 10.4 Å². The Labute approximate surface area is 160 Å². The molecule has 2 aromatic carbocycles. The summed E-state index contributed by atoms with van der Waals surface area (Å²) in [6, 6.07) is 12.9. The van der Waals surface area contributed by atoms with Crippen LogP contribution >= 0.6 is 11.3 Å². The minimum Gasteiger partial charge on any atom is -0.502 e. The number of allylic oxidation sites excluding steroid dienone is 1. The van der Waals surface area contributed by atoms with E-state index in [9.17, 15) is 14.3 Å². The monoisotopic (exact) mass is 384 g/mol. The number of rotatable bonds is 6. The fourth-order valence-electron chi connectivity index (χ4n) is 2.50. The van der Waals surface area contributed by atoms with Crippen molar-refractivity contribution < 1.29 is 23.8 Å². The zero-order chi connectivity index (χ0) is 19.4. The third-order valence-electron chi connectivity index (χ3n) is 3.91. The standard InChI is InChI=1S/C21H17FO4S/c1-25-17-11-13(12-18(26-2)21(17)24)3-8-16(23)20-10-9-19(27-20)14-4-6-15(22)7-5-14/h3-12,24H,1-2H3/b8-3+. The van der Waals surface area contributed by atoms with Crippen LogP contribution in [0, 0.1) is 5.82 Å². The predicted molar refractivity (Wildman–Crippen MR) is 104 cm³/mol. The highest BCUT2D eigenvalue weighted by Crippen LogP contribution is 2.37. The molecule has 27 heavy (non-hydrogen) atoms. The van der Waals surface area contributed by atoms with Crippen LogP contribution in [0.3, 0.4) is 0 Å². The van der Waals surface area contributed by atoms with E-state index in [-0.39, 0.29) is 28.8 Å². The van der Waals surface area contributed by atoms with Gasteiger partial charge >= 0.3 is 0 Å². The van der Waals surface area contributed by atoms with E-state index in [1.54, 1.807) is 36.4 Å². The Hall–Kier alpha value is -3.12. The van der Waals surface area contributed by atoms with Gasteiger partial charge < -0.3 is 14.6 Å². The molecule has 0 aliphatic carbocycles. The van der Waals surface area contributed by atoms with Crippen LogP contribution in [0.25, 0.3) is 16.5 Å². The second kappa shape index (κ2) is 8.05. The van der Waals surface area contributed by atoms with Gasteiger partial charge in [0.25, 0.3) is 0 Å². The summed E-state index contributed by atoms with van der Waals surface area (Å²) in [7, 11) is 2.88. The van der Waals surface area contributed by atoms with E-state index in [0.29, 0.717) is 10.4 Å². The number of carbonyl (C=O) groups is 1. The maximum Gasteiger partial charge on any atom is 0.200 e. The number of hydrogen-bond acceptors (Lipinski definition) is 5. The molecule has 4 nitrogen and oxygen atoms in total. The molecule has 0 atom stereocenters. The maximum atomic E-state index is 13.0. The topological polar surface area (TPSA) is 55.8 Å². The summed E-state index contributed by atoms with van der Waals surface area (Å²) in [6.45, 7) is 0. The molecule has 3 rings (SSSR count). The molecule has 0 radical (unpaired) electrons. The number of carbonyl (C=O) groups excluding carboxylic acids is 1. The number of benzene rings is 2. The van der Waals surface area contributed by atoms with Gasteiger partial charge in [0.2, 0.25) is 5.75 Å². The smallest absolute Gasteiger partial charge is 0.200 e. The Bertz CT molecular complexity index is 965. The zero-order valence-corrected chi connectivity index (χ0v) is 15.5. The number of thiophene rings is 1. The highest BCUT2D eigenvalue weighted by molar-refractivity contribution is 7.17. The molecule has 1 N–H and O–H groups in total. The van der Waals surface area contributed by atoms with E-state index in [1.165, 1.54) is 43.8 Å². The summed E-state index contributed by atoms with van der Waals surface area (Å²) in [4.78, 5) is 13.9. The molecular weight excluding hydrogens is 367 g/mol. The van der Waals surface area contributed by atoms with Crippen molar-refractivity contribution in [1.82, 2.24) is 0 Å². The van der Waals surface area contributed by atoms with Crippen molar-refractivity contribution in [2.75, 3.05) is 14.2 Å². The van der Waals surface area contributed by atoms with Crippen molar-refractivity contribution in [3.05, 3.63) is 70.9 Å². The summed E-state index contributed by atoms with van der Waals surface area (Å²) in [6.07, 6.45) is 3.08. The first-order chi connectivity index (χ1) is 13.0. The summed E-state index contributed by atoms with van der Waals surface area (Å²) in [5, 5.41) is 9.93. The summed E-state index contributed by atoms with van der Waals surface area (Å²) in [5.41, 5.74) is 1.52. The lowest BCUT2D eigenvalue weighted by molar-refractivity contribution is 0.105.